The van der Waals surface area contributed by atoms with Crippen LogP contribution in [0.5, 0.6) is 0 Å². The Balaban J connectivity index is 2.30. The zero-order chi connectivity index (χ0) is 15.3. The summed E-state index contributed by atoms with van der Waals surface area (Å²) >= 11 is 1.74. The van der Waals surface area contributed by atoms with Gasteiger partial charge in [-0.2, -0.15) is 0 Å². The highest BCUT2D eigenvalue weighted by Gasteiger charge is 2.34. The second-order valence-electron chi connectivity index (χ2n) is 5.51. The summed E-state index contributed by atoms with van der Waals surface area (Å²) in [5.74, 6) is 0. The molecule has 0 radical (unpaired) electrons. The molecular formula is C16H24N2O2S. The average molecular weight is 308 g/mol. The lowest BCUT2D eigenvalue weighted by molar-refractivity contribution is 0.00922. The summed E-state index contributed by atoms with van der Waals surface area (Å²) in [6.07, 6.45) is 2.08. The van der Waals surface area contributed by atoms with E-state index >= 15 is 0 Å². The Labute approximate surface area is 131 Å². The van der Waals surface area contributed by atoms with Crippen LogP contribution in [-0.4, -0.2) is 55.8 Å². The third kappa shape index (κ3) is 3.78. The van der Waals surface area contributed by atoms with Gasteiger partial charge in [0.25, 0.3) is 0 Å². The molecule has 0 aromatic heterocycles. The maximum absolute atomic E-state index is 5.46. The number of hydrogen-bond donors (Lipinski definition) is 0. The van der Waals surface area contributed by atoms with Crippen molar-refractivity contribution in [3.63, 3.8) is 0 Å². The number of hydrogen-bond acceptors (Lipinski definition) is 5. The molecule has 0 aliphatic carbocycles. The minimum absolute atomic E-state index is 0.194. The highest BCUT2D eigenvalue weighted by molar-refractivity contribution is 7.98. The fourth-order valence-electron chi connectivity index (χ4n) is 2.63. The number of rotatable bonds is 5. The van der Waals surface area contributed by atoms with Crippen molar-refractivity contribution >= 4 is 17.5 Å². The van der Waals surface area contributed by atoms with Gasteiger partial charge in [0.15, 0.2) is 0 Å². The molecule has 1 aromatic carbocycles. The molecule has 1 saturated heterocycles. The van der Waals surface area contributed by atoms with Crippen LogP contribution >= 0.6 is 11.8 Å². The molecule has 0 atom stereocenters. The first-order valence-electron chi connectivity index (χ1n) is 7.18. The van der Waals surface area contributed by atoms with E-state index in [1.807, 2.05) is 0 Å². The van der Waals surface area contributed by atoms with Crippen molar-refractivity contribution in [3.05, 3.63) is 29.8 Å². The van der Waals surface area contributed by atoms with E-state index in [4.69, 9.17) is 9.57 Å². The van der Waals surface area contributed by atoms with Gasteiger partial charge in [-0.05, 0) is 32.2 Å². The SMILES string of the molecule is CON=C(c1ccc(SC)cc1)C(C)(C)N1CCOCC1. The molecule has 5 heteroatoms. The zero-order valence-electron chi connectivity index (χ0n) is 13.3. The van der Waals surface area contributed by atoms with Gasteiger partial charge in [-0.3, -0.25) is 4.90 Å². The van der Waals surface area contributed by atoms with Crippen LogP contribution < -0.4 is 0 Å². The summed E-state index contributed by atoms with van der Waals surface area (Å²) in [4.78, 5) is 8.77. The molecule has 0 saturated carbocycles. The van der Waals surface area contributed by atoms with E-state index in [-0.39, 0.29) is 5.54 Å². The topological polar surface area (TPSA) is 34.1 Å². The Morgan fingerprint density at radius 1 is 1.24 bits per heavy atom. The van der Waals surface area contributed by atoms with E-state index in [1.165, 1.54) is 4.90 Å². The predicted octanol–water partition coefficient (Wildman–Crippen LogP) is 2.87. The standard InChI is InChI=1S/C16H24N2O2S/c1-16(2,18-9-11-20-12-10-18)15(17-19-3)13-5-7-14(21-4)8-6-13/h5-8H,9-12H2,1-4H3. The number of ether oxygens (including phenoxy) is 1. The number of thioether (sulfide) groups is 1. The lowest BCUT2D eigenvalue weighted by atomic mass is 9.90. The highest BCUT2D eigenvalue weighted by Crippen LogP contribution is 2.24. The van der Waals surface area contributed by atoms with Gasteiger partial charge < -0.3 is 9.57 Å². The fraction of sp³-hybridized carbons (Fsp3) is 0.562. The summed E-state index contributed by atoms with van der Waals surface area (Å²) in [5, 5.41) is 4.32. The molecular weight excluding hydrogens is 284 g/mol. The maximum atomic E-state index is 5.46. The van der Waals surface area contributed by atoms with Crippen LogP contribution in [0.1, 0.15) is 19.4 Å². The normalized spacial score (nSPS) is 17.8. The van der Waals surface area contributed by atoms with Crippen LogP contribution in [0.2, 0.25) is 0 Å². The van der Waals surface area contributed by atoms with Gasteiger partial charge in [-0.15, -0.1) is 11.8 Å². The monoisotopic (exact) mass is 308 g/mol. The Kier molecular flexibility index (Phi) is 5.67. The molecule has 0 amide bonds. The zero-order valence-corrected chi connectivity index (χ0v) is 14.1. The molecule has 1 aliphatic heterocycles. The van der Waals surface area contributed by atoms with Gasteiger partial charge in [0, 0.05) is 23.5 Å². The highest BCUT2D eigenvalue weighted by atomic mass is 32.2. The Hall–Kier alpha value is -1.04. The van der Waals surface area contributed by atoms with Gasteiger partial charge in [0.05, 0.1) is 18.8 Å². The first-order chi connectivity index (χ1) is 10.1. The molecule has 1 heterocycles. The van der Waals surface area contributed by atoms with E-state index < -0.39 is 0 Å². The fourth-order valence-corrected chi connectivity index (χ4v) is 3.04. The summed E-state index contributed by atoms with van der Waals surface area (Å²) in [7, 11) is 1.60. The molecule has 0 unspecified atom stereocenters. The minimum Gasteiger partial charge on any atom is -0.399 e. The predicted molar refractivity (Wildman–Crippen MR) is 88.2 cm³/mol. The van der Waals surface area contributed by atoms with Gasteiger partial charge >= 0.3 is 0 Å². The summed E-state index contributed by atoms with van der Waals surface area (Å²) in [6, 6.07) is 8.49. The molecule has 0 bridgehead atoms. The first-order valence-corrected chi connectivity index (χ1v) is 8.41. The average Bonchev–Trinajstić information content (AvgIpc) is 2.53. The van der Waals surface area contributed by atoms with Crippen molar-refractivity contribution < 1.29 is 9.57 Å². The van der Waals surface area contributed by atoms with E-state index in [0.29, 0.717) is 0 Å². The first kappa shape index (κ1) is 16.3. The number of morpholine rings is 1. The molecule has 116 valence electrons. The molecule has 4 nitrogen and oxygen atoms in total. The Morgan fingerprint density at radius 3 is 2.38 bits per heavy atom. The van der Waals surface area contributed by atoms with Crippen LogP contribution in [0, 0.1) is 0 Å². The van der Waals surface area contributed by atoms with Crippen LogP contribution in [0.3, 0.4) is 0 Å². The smallest absolute Gasteiger partial charge is 0.107 e. The summed E-state index contributed by atoms with van der Waals surface area (Å²) in [6.45, 7) is 7.76. The second kappa shape index (κ2) is 7.29. The van der Waals surface area contributed by atoms with Crippen molar-refractivity contribution in [2.45, 2.75) is 24.3 Å². The van der Waals surface area contributed by atoms with Crippen LogP contribution in [0.4, 0.5) is 0 Å². The van der Waals surface area contributed by atoms with Crippen molar-refractivity contribution in [1.29, 1.82) is 0 Å². The van der Waals surface area contributed by atoms with Crippen LogP contribution in [0.15, 0.2) is 34.3 Å². The summed E-state index contributed by atoms with van der Waals surface area (Å²) in [5.41, 5.74) is 1.87. The van der Waals surface area contributed by atoms with E-state index in [2.05, 4.69) is 54.4 Å². The molecule has 1 fully saturated rings. The van der Waals surface area contributed by atoms with Crippen LogP contribution in [-0.2, 0) is 9.57 Å². The second-order valence-corrected chi connectivity index (χ2v) is 6.39. The molecule has 21 heavy (non-hydrogen) atoms. The maximum Gasteiger partial charge on any atom is 0.107 e. The minimum atomic E-state index is -0.194. The van der Waals surface area contributed by atoms with Gasteiger partial charge in [-0.25, -0.2) is 0 Å². The van der Waals surface area contributed by atoms with E-state index in [9.17, 15) is 0 Å². The van der Waals surface area contributed by atoms with Gasteiger partial charge in [0.2, 0.25) is 0 Å². The van der Waals surface area contributed by atoms with Crippen molar-refractivity contribution in [1.82, 2.24) is 4.90 Å². The molecule has 0 spiro atoms. The number of nitrogens with zero attached hydrogens (tertiary/aromatic N) is 2. The van der Waals surface area contributed by atoms with E-state index in [1.54, 1.807) is 18.9 Å². The molecule has 2 rings (SSSR count). The van der Waals surface area contributed by atoms with Crippen molar-refractivity contribution in [2.75, 3.05) is 39.7 Å². The molecule has 1 aliphatic rings. The van der Waals surface area contributed by atoms with Crippen molar-refractivity contribution in [3.8, 4) is 0 Å². The lowest BCUT2D eigenvalue weighted by Gasteiger charge is -2.41. The Morgan fingerprint density at radius 2 is 1.86 bits per heavy atom. The van der Waals surface area contributed by atoms with Crippen molar-refractivity contribution in [2.24, 2.45) is 5.16 Å². The lowest BCUT2D eigenvalue weighted by Crippen LogP contribution is -2.54. The van der Waals surface area contributed by atoms with Gasteiger partial charge in [-0.1, -0.05) is 17.3 Å². The third-order valence-corrected chi connectivity index (χ3v) is 4.67. The molecule has 1 aromatic rings. The van der Waals surface area contributed by atoms with Gasteiger partial charge in [0.1, 0.15) is 12.8 Å². The summed E-state index contributed by atoms with van der Waals surface area (Å²) < 4.78 is 5.46. The quantitative estimate of drug-likeness (QED) is 0.476. The van der Waals surface area contributed by atoms with Crippen LogP contribution in [0.25, 0.3) is 0 Å². The number of oxime groups is 1. The molecule has 0 N–H and O–H groups in total. The van der Waals surface area contributed by atoms with E-state index in [0.717, 1.165) is 37.6 Å². The largest absolute Gasteiger partial charge is 0.399 e. The third-order valence-electron chi connectivity index (χ3n) is 3.93. The number of benzene rings is 1. The Bertz CT molecular complexity index is 480.